The Labute approximate surface area is 114 Å². The fraction of sp³-hybridized carbons (Fsp3) is 0.714. The second-order valence-corrected chi connectivity index (χ2v) is 5.67. The zero-order valence-electron chi connectivity index (χ0n) is 11.9. The van der Waals surface area contributed by atoms with Crippen molar-refractivity contribution in [1.29, 1.82) is 0 Å². The Morgan fingerprint density at radius 3 is 2.95 bits per heavy atom. The first-order valence-electron chi connectivity index (χ1n) is 7.05. The summed E-state index contributed by atoms with van der Waals surface area (Å²) in [5.74, 6) is -0.137. The molecule has 0 fully saturated rings. The van der Waals surface area contributed by atoms with Crippen LogP contribution in [0.5, 0.6) is 0 Å². The van der Waals surface area contributed by atoms with E-state index >= 15 is 0 Å². The maximum Gasteiger partial charge on any atom is 0.321 e. The molecule has 2 N–H and O–H groups in total. The highest BCUT2D eigenvalue weighted by atomic mass is 16.4. The van der Waals surface area contributed by atoms with E-state index in [4.69, 9.17) is 5.11 Å². The molecule has 2 atom stereocenters. The van der Waals surface area contributed by atoms with Gasteiger partial charge in [0, 0.05) is 19.0 Å². The average Bonchev–Trinajstić information content (AvgIpc) is 2.78. The van der Waals surface area contributed by atoms with Crippen LogP contribution >= 0.6 is 0 Å². The quantitative estimate of drug-likeness (QED) is 0.854. The Hall–Kier alpha value is -1.36. The van der Waals surface area contributed by atoms with Gasteiger partial charge in [0.05, 0.1) is 17.7 Å². The lowest BCUT2D eigenvalue weighted by molar-refractivity contribution is -0.139. The third-order valence-corrected chi connectivity index (χ3v) is 3.74. The molecule has 0 saturated heterocycles. The van der Waals surface area contributed by atoms with Crippen LogP contribution in [0.1, 0.15) is 51.0 Å². The number of hydrogen-bond donors (Lipinski definition) is 2. The number of hydrogen-bond acceptors (Lipinski definition) is 3. The zero-order chi connectivity index (χ0) is 14.0. The number of carboxylic acids is 1. The highest BCUT2D eigenvalue weighted by Crippen LogP contribution is 2.27. The van der Waals surface area contributed by atoms with Gasteiger partial charge in [-0.3, -0.25) is 10.1 Å². The number of fused-ring (bicyclic) bond motifs is 1. The summed E-state index contributed by atoms with van der Waals surface area (Å²) in [5, 5.41) is 12.4. The van der Waals surface area contributed by atoms with Crippen molar-refractivity contribution in [3.8, 4) is 0 Å². The summed E-state index contributed by atoms with van der Waals surface area (Å²) in [6, 6.07) is -0.412. The van der Waals surface area contributed by atoms with Crippen LogP contribution in [0.3, 0.4) is 0 Å². The summed E-state index contributed by atoms with van der Waals surface area (Å²) in [5.41, 5.74) is 2.13. The fourth-order valence-corrected chi connectivity index (χ4v) is 2.61. The number of aryl methyl sites for hydroxylation is 1. The minimum Gasteiger partial charge on any atom is -0.480 e. The number of aliphatic carboxylic acids is 1. The molecule has 1 aliphatic rings. The summed E-state index contributed by atoms with van der Waals surface area (Å²) < 4.78 is 2.19. The van der Waals surface area contributed by atoms with Crippen molar-refractivity contribution in [2.45, 2.75) is 58.7 Å². The Bertz CT molecular complexity index is 454. The Morgan fingerprint density at radius 2 is 2.37 bits per heavy atom. The van der Waals surface area contributed by atoms with Crippen molar-refractivity contribution in [3.63, 3.8) is 0 Å². The van der Waals surface area contributed by atoms with Gasteiger partial charge in [0.25, 0.3) is 0 Å². The van der Waals surface area contributed by atoms with E-state index in [1.165, 1.54) is 5.69 Å². The highest BCUT2D eigenvalue weighted by Gasteiger charge is 2.32. The third kappa shape index (κ3) is 2.97. The molecule has 2 heterocycles. The van der Waals surface area contributed by atoms with Crippen LogP contribution in [-0.4, -0.2) is 26.7 Å². The molecule has 0 spiro atoms. The van der Waals surface area contributed by atoms with Gasteiger partial charge in [0.15, 0.2) is 0 Å². The second-order valence-electron chi connectivity index (χ2n) is 5.67. The summed E-state index contributed by atoms with van der Waals surface area (Å²) in [7, 11) is 0. The van der Waals surface area contributed by atoms with Gasteiger partial charge in [-0.05, 0) is 18.8 Å². The molecule has 0 aromatic carbocycles. The van der Waals surface area contributed by atoms with E-state index in [-0.39, 0.29) is 6.04 Å². The van der Waals surface area contributed by atoms with Gasteiger partial charge >= 0.3 is 5.97 Å². The molecular weight excluding hydrogens is 242 g/mol. The van der Waals surface area contributed by atoms with Gasteiger partial charge in [0.1, 0.15) is 6.04 Å². The molecule has 0 radical (unpaired) electrons. The molecule has 0 bridgehead atoms. The minimum absolute atomic E-state index is 0.0968. The van der Waals surface area contributed by atoms with Crippen LogP contribution in [0, 0.1) is 5.92 Å². The molecular formula is C14H23N3O2. The summed E-state index contributed by atoms with van der Waals surface area (Å²) in [6.07, 6.45) is 4.34. The van der Waals surface area contributed by atoms with Crippen LogP contribution in [0.4, 0.5) is 0 Å². The van der Waals surface area contributed by atoms with Crippen LogP contribution in [0.2, 0.25) is 0 Å². The predicted molar refractivity (Wildman–Crippen MR) is 73.0 cm³/mol. The monoisotopic (exact) mass is 265 g/mol. The molecule has 5 heteroatoms. The van der Waals surface area contributed by atoms with Gasteiger partial charge in [-0.2, -0.15) is 0 Å². The number of nitrogens with one attached hydrogen (secondary N) is 1. The van der Waals surface area contributed by atoms with Gasteiger partial charge in [0.2, 0.25) is 0 Å². The molecule has 0 aliphatic carbocycles. The summed E-state index contributed by atoms with van der Waals surface area (Å²) in [4.78, 5) is 15.6. The fourth-order valence-electron chi connectivity index (χ4n) is 2.61. The average molecular weight is 265 g/mol. The van der Waals surface area contributed by atoms with E-state index < -0.39 is 12.0 Å². The lowest BCUT2D eigenvalue weighted by Gasteiger charge is -2.29. The van der Waals surface area contributed by atoms with Gasteiger partial charge in [-0.1, -0.05) is 20.8 Å². The van der Waals surface area contributed by atoms with Crippen molar-refractivity contribution in [2.24, 2.45) is 5.92 Å². The second kappa shape index (κ2) is 5.74. The van der Waals surface area contributed by atoms with Crippen LogP contribution in [-0.2, 0) is 17.8 Å². The smallest absolute Gasteiger partial charge is 0.321 e. The Balaban J connectivity index is 2.22. The molecule has 19 heavy (non-hydrogen) atoms. The lowest BCUT2D eigenvalue weighted by atomic mass is 9.97. The van der Waals surface area contributed by atoms with E-state index in [0.29, 0.717) is 12.3 Å². The standard InChI is InChI=1S/C14H23N3O2/c1-4-10-13-11(7-12(16-10)14(18)19)15-8-17(13)6-5-9(2)3/h8-10,12,16H,4-7H2,1-3H3,(H,18,19). The first-order chi connectivity index (χ1) is 9.02. The Kier molecular flexibility index (Phi) is 4.24. The Morgan fingerprint density at radius 1 is 1.63 bits per heavy atom. The molecule has 1 aromatic heterocycles. The van der Waals surface area contributed by atoms with Gasteiger partial charge in [-0.15, -0.1) is 0 Å². The predicted octanol–water partition coefficient (Wildman–Crippen LogP) is 1.98. The number of carbonyl (C=O) groups is 1. The molecule has 2 rings (SSSR count). The number of aromatic nitrogens is 2. The maximum atomic E-state index is 11.2. The number of nitrogens with zero attached hydrogens (tertiary/aromatic N) is 2. The number of carboxylic acid groups (broad SMARTS) is 1. The van der Waals surface area contributed by atoms with Crippen LogP contribution < -0.4 is 5.32 Å². The molecule has 2 unspecified atom stereocenters. The minimum atomic E-state index is -0.791. The van der Waals surface area contributed by atoms with Crippen molar-refractivity contribution < 1.29 is 9.90 Å². The topological polar surface area (TPSA) is 67.2 Å². The molecule has 0 saturated carbocycles. The molecule has 106 valence electrons. The van der Waals surface area contributed by atoms with E-state index in [1.807, 2.05) is 6.33 Å². The van der Waals surface area contributed by atoms with E-state index in [2.05, 4.69) is 35.6 Å². The zero-order valence-corrected chi connectivity index (χ0v) is 11.9. The molecule has 1 aromatic rings. The largest absolute Gasteiger partial charge is 0.480 e. The van der Waals surface area contributed by atoms with E-state index in [9.17, 15) is 4.79 Å². The van der Waals surface area contributed by atoms with Gasteiger partial charge in [-0.25, -0.2) is 4.98 Å². The highest BCUT2D eigenvalue weighted by molar-refractivity contribution is 5.74. The summed E-state index contributed by atoms with van der Waals surface area (Å²) >= 11 is 0. The molecule has 5 nitrogen and oxygen atoms in total. The molecule has 0 amide bonds. The van der Waals surface area contributed by atoms with Crippen LogP contribution in [0.25, 0.3) is 0 Å². The number of rotatable bonds is 5. The first kappa shape index (κ1) is 14.1. The maximum absolute atomic E-state index is 11.2. The first-order valence-corrected chi connectivity index (χ1v) is 7.05. The lowest BCUT2D eigenvalue weighted by Crippen LogP contribution is -2.45. The van der Waals surface area contributed by atoms with Gasteiger partial charge < -0.3 is 9.67 Å². The van der Waals surface area contributed by atoms with Crippen LogP contribution in [0.15, 0.2) is 6.33 Å². The number of imidazole rings is 1. The summed E-state index contributed by atoms with van der Waals surface area (Å²) in [6.45, 7) is 7.44. The van der Waals surface area contributed by atoms with Crippen molar-refractivity contribution in [2.75, 3.05) is 0 Å². The third-order valence-electron chi connectivity index (χ3n) is 3.74. The normalized spacial score (nSPS) is 22.5. The van der Waals surface area contributed by atoms with Crippen molar-refractivity contribution in [1.82, 2.24) is 14.9 Å². The van der Waals surface area contributed by atoms with Crippen molar-refractivity contribution >= 4 is 5.97 Å². The van der Waals surface area contributed by atoms with E-state index in [0.717, 1.165) is 25.1 Å². The van der Waals surface area contributed by atoms with E-state index in [1.54, 1.807) is 0 Å². The SMILES string of the molecule is CCC1NC(C(=O)O)Cc2ncn(CCC(C)C)c21. The van der Waals surface area contributed by atoms with Crippen molar-refractivity contribution in [3.05, 3.63) is 17.7 Å². The molecule has 1 aliphatic heterocycles.